The summed E-state index contributed by atoms with van der Waals surface area (Å²) in [7, 11) is 1.79. The van der Waals surface area contributed by atoms with Crippen molar-refractivity contribution < 1.29 is 14.2 Å². The highest BCUT2D eigenvalue weighted by Crippen LogP contribution is 2.26. The summed E-state index contributed by atoms with van der Waals surface area (Å²) in [6.45, 7) is 7.21. The molecule has 182 valence electrons. The van der Waals surface area contributed by atoms with E-state index in [1.165, 1.54) is 12.8 Å². The molecule has 2 fully saturated rings. The van der Waals surface area contributed by atoms with Crippen LogP contribution in [0.4, 0.5) is 0 Å². The van der Waals surface area contributed by atoms with Crippen LogP contribution >= 0.6 is 24.0 Å². The molecule has 8 heteroatoms. The molecule has 0 aromatic carbocycles. The Morgan fingerprint density at radius 1 is 1.16 bits per heavy atom. The van der Waals surface area contributed by atoms with E-state index in [1.54, 1.807) is 7.05 Å². The summed E-state index contributed by atoms with van der Waals surface area (Å²) in [6.07, 6.45) is 10.1. The van der Waals surface area contributed by atoms with Gasteiger partial charge in [0.05, 0.1) is 0 Å². The van der Waals surface area contributed by atoms with Crippen molar-refractivity contribution in [2.75, 3.05) is 40.0 Å². The molecule has 1 aliphatic heterocycles. The average molecular weight is 561 g/mol. The van der Waals surface area contributed by atoms with Crippen LogP contribution in [0.3, 0.4) is 0 Å². The number of hydrogen-bond donors (Lipinski definition) is 2. The van der Waals surface area contributed by atoms with Crippen molar-refractivity contribution >= 4 is 29.9 Å². The largest absolute Gasteiger partial charge is 0.474 e. The van der Waals surface area contributed by atoms with E-state index in [-0.39, 0.29) is 24.0 Å². The fraction of sp³-hybridized carbons (Fsp3) is 0.750. The molecular weight excluding hydrogens is 519 g/mol. The van der Waals surface area contributed by atoms with E-state index in [4.69, 9.17) is 14.2 Å². The number of aromatic nitrogens is 1. The van der Waals surface area contributed by atoms with Crippen molar-refractivity contribution in [2.45, 2.75) is 64.5 Å². The highest BCUT2D eigenvalue weighted by molar-refractivity contribution is 14.0. The molecule has 1 saturated carbocycles. The van der Waals surface area contributed by atoms with Gasteiger partial charge in [0.15, 0.2) is 5.96 Å². The standard InChI is InChI=1S/C24H40N4O3.HI/c1-19-4-6-22(7-5-19)31-23-16-21(8-12-26-23)17-28-24(25-2)27-11-3-13-30-18-20-9-14-29-15-10-20;/h8,12,16,19-20,22H,3-7,9-11,13-15,17-18H2,1-2H3,(H2,25,27,28);1H. The van der Waals surface area contributed by atoms with Gasteiger partial charge in [0.25, 0.3) is 0 Å². The third-order valence-corrected chi connectivity index (χ3v) is 6.19. The summed E-state index contributed by atoms with van der Waals surface area (Å²) in [5, 5.41) is 6.72. The number of hydrogen-bond acceptors (Lipinski definition) is 5. The predicted molar refractivity (Wildman–Crippen MR) is 139 cm³/mol. The zero-order valence-electron chi connectivity index (χ0n) is 19.7. The lowest BCUT2D eigenvalue weighted by Crippen LogP contribution is -2.37. The van der Waals surface area contributed by atoms with Gasteiger partial charge in [-0.05, 0) is 68.4 Å². The van der Waals surface area contributed by atoms with Gasteiger partial charge in [0.2, 0.25) is 5.88 Å². The Morgan fingerprint density at radius 3 is 2.69 bits per heavy atom. The van der Waals surface area contributed by atoms with E-state index in [0.29, 0.717) is 18.6 Å². The first-order valence-corrected chi connectivity index (χ1v) is 11.9. The van der Waals surface area contributed by atoms with Crippen molar-refractivity contribution in [3.05, 3.63) is 23.9 Å². The fourth-order valence-corrected chi connectivity index (χ4v) is 4.09. The highest BCUT2D eigenvalue weighted by Gasteiger charge is 2.20. The summed E-state index contributed by atoms with van der Waals surface area (Å²) >= 11 is 0. The zero-order valence-corrected chi connectivity index (χ0v) is 22.0. The molecule has 0 radical (unpaired) electrons. The van der Waals surface area contributed by atoms with Gasteiger partial charge in [-0.3, -0.25) is 4.99 Å². The molecule has 1 aromatic rings. The van der Waals surface area contributed by atoms with E-state index in [2.05, 4.69) is 27.5 Å². The molecule has 0 unspecified atom stereocenters. The molecule has 7 nitrogen and oxygen atoms in total. The van der Waals surface area contributed by atoms with Crippen molar-refractivity contribution in [2.24, 2.45) is 16.8 Å². The van der Waals surface area contributed by atoms with Crippen molar-refractivity contribution in [3.63, 3.8) is 0 Å². The van der Waals surface area contributed by atoms with Gasteiger partial charge in [-0.15, -0.1) is 24.0 Å². The number of rotatable bonds is 10. The van der Waals surface area contributed by atoms with Crippen molar-refractivity contribution in [1.82, 2.24) is 15.6 Å². The molecule has 0 amide bonds. The van der Waals surface area contributed by atoms with Crippen LogP contribution in [-0.4, -0.2) is 57.1 Å². The molecule has 32 heavy (non-hydrogen) atoms. The predicted octanol–water partition coefficient (Wildman–Crippen LogP) is 4.16. The van der Waals surface area contributed by atoms with Gasteiger partial charge < -0.3 is 24.8 Å². The minimum atomic E-state index is 0. The average Bonchev–Trinajstić information content (AvgIpc) is 2.80. The lowest BCUT2D eigenvalue weighted by molar-refractivity contribution is 0.0203. The Labute approximate surface area is 210 Å². The Kier molecular flexibility index (Phi) is 13.3. The maximum Gasteiger partial charge on any atom is 0.213 e. The number of pyridine rings is 1. The molecule has 0 spiro atoms. The lowest BCUT2D eigenvalue weighted by Gasteiger charge is -2.26. The van der Waals surface area contributed by atoms with Crippen LogP contribution in [0.15, 0.2) is 23.3 Å². The highest BCUT2D eigenvalue weighted by atomic mass is 127. The smallest absolute Gasteiger partial charge is 0.213 e. The van der Waals surface area contributed by atoms with Crippen LogP contribution < -0.4 is 15.4 Å². The number of aliphatic imine (C=N–C) groups is 1. The molecule has 2 N–H and O–H groups in total. The molecule has 3 rings (SSSR count). The Bertz CT molecular complexity index is 662. The van der Waals surface area contributed by atoms with Crippen LogP contribution in [0.2, 0.25) is 0 Å². The maximum atomic E-state index is 6.12. The second-order valence-corrected chi connectivity index (χ2v) is 8.84. The van der Waals surface area contributed by atoms with Crippen molar-refractivity contribution in [3.8, 4) is 5.88 Å². The lowest BCUT2D eigenvalue weighted by atomic mass is 9.89. The number of guanidine groups is 1. The minimum absolute atomic E-state index is 0. The second-order valence-electron chi connectivity index (χ2n) is 8.84. The molecule has 2 heterocycles. The second kappa shape index (κ2) is 15.7. The number of nitrogens with zero attached hydrogens (tertiary/aromatic N) is 2. The summed E-state index contributed by atoms with van der Waals surface area (Å²) in [5.41, 5.74) is 1.14. The summed E-state index contributed by atoms with van der Waals surface area (Å²) in [5.74, 6) is 3.00. The molecule has 0 atom stereocenters. The first-order chi connectivity index (χ1) is 15.2. The first-order valence-electron chi connectivity index (χ1n) is 11.9. The molecule has 1 aliphatic carbocycles. The van der Waals surface area contributed by atoms with Crippen LogP contribution in [0.1, 0.15) is 57.4 Å². The minimum Gasteiger partial charge on any atom is -0.474 e. The molecule has 2 aliphatic rings. The SMILES string of the molecule is CN=C(NCCCOCC1CCOCC1)NCc1ccnc(OC2CCC(C)CC2)c1.I. The Hall–Kier alpha value is -1.13. The van der Waals surface area contributed by atoms with Gasteiger partial charge in [-0.25, -0.2) is 4.98 Å². The number of ether oxygens (including phenoxy) is 3. The van der Waals surface area contributed by atoms with Crippen molar-refractivity contribution in [1.29, 1.82) is 0 Å². The maximum absolute atomic E-state index is 6.12. The van der Waals surface area contributed by atoms with Crippen LogP contribution in [0.25, 0.3) is 0 Å². The van der Waals surface area contributed by atoms with Crippen LogP contribution in [0, 0.1) is 11.8 Å². The summed E-state index contributed by atoms with van der Waals surface area (Å²) in [6, 6.07) is 4.04. The summed E-state index contributed by atoms with van der Waals surface area (Å²) in [4.78, 5) is 8.71. The van der Waals surface area contributed by atoms with Gasteiger partial charge in [0.1, 0.15) is 6.10 Å². The Balaban J connectivity index is 0.00000363. The molecule has 1 saturated heterocycles. The van der Waals surface area contributed by atoms with E-state index in [0.717, 1.165) is 88.4 Å². The molecule has 0 bridgehead atoms. The van der Waals surface area contributed by atoms with Crippen LogP contribution in [-0.2, 0) is 16.0 Å². The van der Waals surface area contributed by atoms with E-state index >= 15 is 0 Å². The molecular formula is C24H41IN4O3. The number of halogens is 1. The van der Waals surface area contributed by atoms with Gasteiger partial charge in [-0.1, -0.05) is 6.92 Å². The topological polar surface area (TPSA) is 77.0 Å². The quantitative estimate of drug-likeness (QED) is 0.194. The number of nitrogens with one attached hydrogen (secondary N) is 2. The van der Waals surface area contributed by atoms with Gasteiger partial charge in [0, 0.05) is 58.8 Å². The Morgan fingerprint density at radius 2 is 1.94 bits per heavy atom. The molecule has 1 aromatic heterocycles. The third-order valence-electron chi connectivity index (χ3n) is 6.19. The van der Waals surface area contributed by atoms with Gasteiger partial charge in [-0.2, -0.15) is 0 Å². The van der Waals surface area contributed by atoms with Gasteiger partial charge >= 0.3 is 0 Å². The van der Waals surface area contributed by atoms with E-state index in [1.807, 2.05) is 18.3 Å². The fourth-order valence-electron chi connectivity index (χ4n) is 4.09. The first kappa shape index (κ1) is 27.1. The normalized spacial score (nSPS) is 22.1. The monoisotopic (exact) mass is 560 g/mol. The van der Waals surface area contributed by atoms with Crippen LogP contribution in [0.5, 0.6) is 5.88 Å². The third kappa shape index (κ3) is 10.2. The zero-order chi connectivity index (χ0) is 21.7. The summed E-state index contributed by atoms with van der Waals surface area (Å²) < 4.78 is 17.3. The van der Waals surface area contributed by atoms with E-state index < -0.39 is 0 Å². The van der Waals surface area contributed by atoms with E-state index in [9.17, 15) is 0 Å².